The van der Waals surface area contributed by atoms with Crippen molar-refractivity contribution in [1.82, 2.24) is 28.5 Å². The standard InChI is InChI=1S/C56H36N6/c1-7-26-48-41(20-1)42-21-2-8-27-49(42)59(48)39-18-13-16-37(34-39)47-36-54(38-17-14-19-40(35-38)60-50-28-9-3-22-43(50)44-23-4-10-29-51(44)60)62(58-47)56-33-15-32-55(57-56)61-52-30-11-5-24-45(52)46-25-6-12-31-53(46)61/h1-36H. The molecule has 13 aromatic rings. The van der Waals surface area contributed by atoms with Crippen LogP contribution in [-0.2, 0) is 0 Å². The second kappa shape index (κ2) is 13.5. The third kappa shape index (κ3) is 5.17. The average Bonchev–Trinajstić information content (AvgIpc) is 4.11. The number of nitrogens with zero attached hydrogens (tertiary/aromatic N) is 6. The first-order valence-corrected chi connectivity index (χ1v) is 21.0. The van der Waals surface area contributed by atoms with Gasteiger partial charge in [0, 0.05) is 54.8 Å². The molecule has 6 heteroatoms. The smallest absolute Gasteiger partial charge is 0.156 e. The zero-order chi connectivity index (χ0) is 40.7. The van der Waals surface area contributed by atoms with E-state index in [9.17, 15) is 0 Å². The number of aromatic nitrogens is 6. The highest BCUT2D eigenvalue weighted by molar-refractivity contribution is 6.11. The van der Waals surface area contributed by atoms with E-state index in [1.165, 1.54) is 54.4 Å². The number of benzene rings is 8. The van der Waals surface area contributed by atoms with Gasteiger partial charge in [0.05, 0.1) is 44.5 Å². The molecule has 0 unspecified atom stereocenters. The number of hydrogen-bond donors (Lipinski definition) is 0. The van der Waals surface area contributed by atoms with Gasteiger partial charge < -0.3 is 9.13 Å². The summed E-state index contributed by atoms with van der Waals surface area (Å²) < 4.78 is 9.01. The fourth-order valence-electron chi connectivity index (χ4n) is 9.74. The Morgan fingerprint density at radius 3 is 1.13 bits per heavy atom. The van der Waals surface area contributed by atoms with Crippen LogP contribution in [0.4, 0.5) is 0 Å². The summed E-state index contributed by atoms with van der Waals surface area (Å²) in [5, 5.41) is 12.8. The van der Waals surface area contributed by atoms with Crippen LogP contribution in [-0.4, -0.2) is 28.5 Å². The maximum Gasteiger partial charge on any atom is 0.156 e. The van der Waals surface area contributed by atoms with Crippen molar-refractivity contribution in [2.24, 2.45) is 0 Å². The highest BCUT2D eigenvalue weighted by Gasteiger charge is 2.20. The minimum Gasteiger partial charge on any atom is -0.309 e. The monoisotopic (exact) mass is 792 g/mol. The minimum absolute atomic E-state index is 0.728. The van der Waals surface area contributed by atoms with Crippen LogP contribution in [0.5, 0.6) is 0 Å². The number of pyridine rings is 1. The molecule has 0 atom stereocenters. The molecule has 0 aliphatic rings. The summed E-state index contributed by atoms with van der Waals surface area (Å²) >= 11 is 0. The van der Waals surface area contributed by atoms with E-state index >= 15 is 0 Å². The number of rotatable bonds is 6. The zero-order valence-electron chi connectivity index (χ0n) is 33.5. The first-order valence-electron chi connectivity index (χ1n) is 21.0. The van der Waals surface area contributed by atoms with Crippen molar-refractivity contribution in [3.05, 3.63) is 218 Å². The molecule has 5 aromatic heterocycles. The third-order valence-electron chi connectivity index (χ3n) is 12.4. The fourth-order valence-corrected chi connectivity index (χ4v) is 9.74. The Morgan fingerprint density at radius 2 is 0.661 bits per heavy atom. The van der Waals surface area contributed by atoms with Crippen molar-refractivity contribution in [3.8, 4) is 45.5 Å². The fraction of sp³-hybridized carbons (Fsp3) is 0. The lowest BCUT2D eigenvalue weighted by Gasteiger charge is -2.13. The zero-order valence-corrected chi connectivity index (χ0v) is 33.5. The molecule has 0 N–H and O–H groups in total. The highest BCUT2D eigenvalue weighted by atomic mass is 15.3. The molecule has 0 aliphatic carbocycles. The molecule has 8 aromatic carbocycles. The van der Waals surface area contributed by atoms with Gasteiger partial charge in [0.2, 0.25) is 0 Å². The van der Waals surface area contributed by atoms with Gasteiger partial charge in [-0.25, -0.2) is 9.67 Å². The van der Waals surface area contributed by atoms with Gasteiger partial charge in [-0.3, -0.25) is 4.57 Å². The lowest BCUT2D eigenvalue weighted by molar-refractivity contribution is 0.849. The summed E-state index contributed by atoms with van der Waals surface area (Å²) in [6.07, 6.45) is 0. The van der Waals surface area contributed by atoms with Crippen molar-refractivity contribution in [3.63, 3.8) is 0 Å². The van der Waals surface area contributed by atoms with Crippen LogP contribution in [0.2, 0.25) is 0 Å². The molecule has 0 saturated carbocycles. The Hall–Kier alpha value is -8.48. The number of hydrogen-bond acceptors (Lipinski definition) is 2. The van der Waals surface area contributed by atoms with Crippen LogP contribution < -0.4 is 0 Å². The van der Waals surface area contributed by atoms with E-state index in [2.05, 4.69) is 232 Å². The van der Waals surface area contributed by atoms with Gasteiger partial charge in [0.1, 0.15) is 5.82 Å². The van der Waals surface area contributed by atoms with Crippen molar-refractivity contribution in [1.29, 1.82) is 0 Å². The van der Waals surface area contributed by atoms with Gasteiger partial charge in [-0.05, 0) is 78.9 Å². The van der Waals surface area contributed by atoms with Crippen molar-refractivity contribution in [2.45, 2.75) is 0 Å². The van der Waals surface area contributed by atoms with Crippen molar-refractivity contribution >= 4 is 65.4 Å². The summed E-state index contributed by atoms with van der Waals surface area (Å²) in [6.45, 7) is 0. The largest absolute Gasteiger partial charge is 0.309 e. The Bertz CT molecular complexity index is 3560. The van der Waals surface area contributed by atoms with Gasteiger partial charge in [0.15, 0.2) is 5.82 Å². The SMILES string of the molecule is c1cc(-c2cc(-c3cccc(-n4c5ccccc5c5ccccc54)c3)n(-c3cccc(-n4c5ccccc5c5ccccc54)n3)n2)cc(-n2c3ccccc3c3ccccc32)c1. The van der Waals surface area contributed by atoms with Crippen LogP contribution in [0.1, 0.15) is 0 Å². The van der Waals surface area contributed by atoms with Gasteiger partial charge in [-0.2, -0.15) is 5.10 Å². The van der Waals surface area contributed by atoms with Crippen LogP contribution in [0.3, 0.4) is 0 Å². The number of para-hydroxylation sites is 6. The number of fused-ring (bicyclic) bond motifs is 9. The second-order valence-electron chi connectivity index (χ2n) is 15.9. The molecule has 0 amide bonds. The van der Waals surface area contributed by atoms with Gasteiger partial charge in [-0.15, -0.1) is 0 Å². The summed E-state index contributed by atoms with van der Waals surface area (Å²) in [4.78, 5) is 5.41. The molecule has 0 aliphatic heterocycles. The molecule has 290 valence electrons. The molecule has 62 heavy (non-hydrogen) atoms. The molecule has 0 radical (unpaired) electrons. The highest BCUT2D eigenvalue weighted by Crippen LogP contribution is 2.37. The van der Waals surface area contributed by atoms with E-state index in [0.29, 0.717) is 0 Å². The van der Waals surface area contributed by atoms with E-state index in [1.54, 1.807) is 0 Å². The minimum atomic E-state index is 0.728. The molecule has 13 rings (SSSR count). The summed E-state index contributed by atoms with van der Waals surface area (Å²) in [6, 6.07) is 77.7. The first-order chi connectivity index (χ1) is 30.8. The summed E-state index contributed by atoms with van der Waals surface area (Å²) in [5.74, 6) is 1.56. The Morgan fingerprint density at radius 1 is 0.290 bits per heavy atom. The van der Waals surface area contributed by atoms with E-state index in [-0.39, 0.29) is 0 Å². The Kier molecular flexibility index (Phi) is 7.50. The van der Waals surface area contributed by atoms with Crippen LogP contribution >= 0.6 is 0 Å². The van der Waals surface area contributed by atoms with E-state index in [1.807, 2.05) is 4.68 Å². The van der Waals surface area contributed by atoms with Gasteiger partial charge in [-0.1, -0.05) is 140 Å². The average molecular weight is 793 g/mol. The molecule has 0 spiro atoms. The maximum atomic E-state index is 5.44. The summed E-state index contributed by atoms with van der Waals surface area (Å²) in [5.41, 5.74) is 12.9. The molecule has 6 nitrogen and oxygen atoms in total. The van der Waals surface area contributed by atoms with Gasteiger partial charge in [0.25, 0.3) is 0 Å². The van der Waals surface area contributed by atoms with Crippen LogP contribution in [0.15, 0.2) is 218 Å². The molecular weight excluding hydrogens is 757 g/mol. The Labute approximate surface area is 356 Å². The van der Waals surface area contributed by atoms with Crippen molar-refractivity contribution in [2.75, 3.05) is 0 Å². The molecule has 5 heterocycles. The maximum absolute atomic E-state index is 5.44. The quantitative estimate of drug-likeness (QED) is 0.168. The molecular formula is C56H36N6. The second-order valence-corrected chi connectivity index (χ2v) is 15.9. The molecule has 0 saturated heterocycles. The predicted octanol–water partition coefficient (Wildman–Crippen LogP) is 13.9. The Balaban J connectivity index is 1.02. The summed E-state index contributed by atoms with van der Waals surface area (Å²) in [7, 11) is 0. The van der Waals surface area contributed by atoms with Crippen LogP contribution in [0, 0.1) is 0 Å². The normalized spacial score (nSPS) is 11.9. The van der Waals surface area contributed by atoms with E-state index < -0.39 is 0 Å². The topological polar surface area (TPSA) is 45.5 Å². The van der Waals surface area contributed by atoms with Crippen LogP contribution in [0.25, 0.3) is 111 Å². The third-order valence-corrected chi connectivity index (χ3v) is 12.4. The lowest BCUT2D eigenvalue weighted by Crippen LogP contribution is -2.06. The van der Waals surface area contributed by atoms with E-state index in [0.717, 1.165) is 56.6 Å². The van der Waals surface area contributed by atoms with Crippen molar-refractivity contribution < 1.29 is 0 Å². The molecule has 0 fully saturated rings. The lowest BCUT2D eigenvalue weighted by atomic mass is 10.1. The molecule has 0 bridgehead atoms. The predicted molar refractivity (Wildman–Crippen MR) is 255 cm³/mol. The van der Waals surface area contributed by atoms with Gasteiger partial charge >= 0.3 is 0 Å². The first kappa shape index (κ1) is 34.4. The van der Waals surface area contributed by atoms with E-state index in [4.69, 9.17) is 10.1 Å².